The van der Waals surface area contributed by atoms with Gasteiger partial charge in [0.1, 0.15) is 0 Å². The molecule has 0 saturated carbocycles. The maximum absolute atomic E-state index is 12.5. The summed E-state index contributed by atoms with van der Waals surface area (Å²) in [6.45, 7) is 18.0. The van der Waals surface area contributed by atoms with Crippen LogP contribution in [0.3, 0.4) is 0 Å². The second kappa shape index (κ2) is 15.2. The molecule has 1 fully saturated rings. The average Bonchev–Trinajstić information content (AvgIpc) is 2.68. The molecule has 170 valence electrons. The standard InChI is InChI=1S/C27H46N2O/c1-7-17-28-18-20-29(21-19-28)27(30)22-26(6)16-10-15-25(5)14-9-13-24(4)12-8-11-23(2)3/h11,13,15,22H,7-10,12,14,16-21H2,1-6H3. The van der Waals surface area contributed by atoms with Gasteiger partial charge in [0.25, 0.3) is 0 Å². The SMILES string of the molecule is CCCN1CCN(C(=O)C=C(C)CCC=C(C)CCC=C(C)CCC=C(C)C)CC1. The first kappa shape index (κ1) is 26.4. The van der Waals surface area contributed by atoms with E-state index < -0.39 is 0 Å². The minimum absolute atomic E-state index is 0.193. The van der Waals surface area contributed by atoms with Crippen LogP contribution in [0.1, 0.15) is 86.5 Å². The molecule has 0 aromatic heterocycles. The molecule has 0 radical (unpaired) electrons. The molecule has 1 rings (SSSR count). The first-order valence-electron chi connectivity index (χ1n) is 11.9. The van der Waals surface area contributed by atoms with E-state index in [1.807, 2.05) is 11.0 Å². The Morgan fingerprint density at radius 3 is 1.73 bits per heavy atom. The lowest BCUT2D eigenvalue weighted by molar-refractivity contribution is -0.127. The minimum atomic E-state index is 0.193. The van der Waals surface area contributed by atoms with Crippen molar-refractivity contribution in [2.45, 2.75) is 86.5 Å². The van der Waals surface area contributed by atoms with Crippen molar-refractivity contribution in [2.24, 2.45) is 0 Å². The molecule has 1 aliphatic rings. The van der Waals surface area contributed by atoms with Crippen LogP contribution in [0.5, 0.6) is 0 Å². The molecule has 0 spiro atoms. The van der Waals surface area contributed by atoms with Crippen LogP contribution in [0.2, 0.25) is 0 Å². The topological polar surface area (TPSA) is 23.6 Å². The molecule has 0 unspecified atom stereocenters. The number of allylic oxidation sites excluding steroid dienone is 7. The molecule has 0 aromatic carbocycles. The summed E-state index contributed by atoms with van der Waals surface area (Å²) < 4.78 is 0. The van der Waals surface area contributed by atoms with E-state index in [4.69, 9.17) is 0 Å². The Balaban J connectivity index is 2.29. The highest BCUT2D eigenvalue weighted by Gasteiger charge is 2.19. The molecular weight excluding hydrogens is 368 g/mol. The Bertz CT molecular complexity index is 627. The molecule has 0 aromatic rings. The highest BCUT2D eigenvalue weighted by molar-refractivity contribution is 5.88. The third-order valence-corrected chi connectivity index (χ3v) is 5.75. The predicted octanol–water partition coefficient (Wildman–Crippen LogP) is 6.69. The van der Waals surface area contributed by atoms with Crippen LogP contribution in [0, 0.1) is 0 Å². The Kier molecular flexibility index (Phi) is 13.4. The molecule has 3 nitrogen and oxygen atoms in total. The van der Waals surface area contributed by atoms with Crippen molar-refractivity contribution in [1.82, 2.24) is 9.80 Å². The molecule has 30 heavy (non-hydrogen) atoms. The molecule has 1 saturated heterocycles. The smallest absolute Gasteiger partial charge is 0.246 e. The zero-order valence-corrected chi connectivity index (χ0v) is 20.6. The normalized spacial score (nSPS) is 16.7. The summed E-state index contributed by atoms with van der Waals surface area (Å²) >= 11 is 0. The van der Waals surface area contributed by atoms with Gasteiger partial charge in [0.15, 0.2) is 0 Å². The second-order valence-corrected chi connectivity index (χ2v) is 9.16. The van der Waals surface area contributed by atoms with Gasteiger partial charge in [-0.2, -0.15) is 0 Å². The number of piperazine rings is 1. The molecule has 1 heterocycles. The molecule has 0 N–H and O–H groups in total. The molecule has 1 amide bonds. The summed E-state index contributed by atoms with van der Waals surface area (Å²) in [6.07, 6.45) is 16.7. The number of carbonyl (C=O) groups is 1. The lowest BCUT2D eigenvalue weighted by Gasteiger charge is -2.34. The van der Waals surface area contributed by atoms with E-state index in [-0.39, 0.29) is 5.91 Å². The molecular formula is C27H46N2O. The molecule has 3 heteroatoms. The maximum Gasteiger partial charge on any atom is 0.246 e. The number of hydrogen-bond donors (Lipinski definition) is 0. The second-order valence-electron chi connectivity index (χ2n) is 9.16. The zero-order chi connectivity index (χ0) is 22.4. The van der Waals surface area contributed by atoms with E-state index >= 15 is 0 Å². The van der Waals surface area contributed by atoms with Crippen LogP contribution in [-0.2, 0) is 4.79 Å². The van der Waals surface area contributed by atoms with Gasteiger partial charge in [-0.3, -0.25) is 9.69 Å². The number of rotatable bonds is 12. The predicted molar refractivity (Wildman–Crippen MR) is 132 cm³/mol. The van der Waals surface area contributed by atoms with Crippen LogP contribution in [0.15, 0.2) is 46.6 Å². The fourth-order valence-electron chi connectivity index (χ4n) is 3.77. The minimum Gasteiger partial charge on any atom is -0.337 e. The Morgan fingerprint density at radius 2 is 1.23 bits per heavy atom. The third kappa shape index (κ3) is 12.2. The van der Waals surface area contributed by atoms with Crippen molar-refractivity contribution < 1.29 is 4.79 Å². The van der Waals surface area contributed by atoms with Crippen molar-refractivity contribution >= 4 is 5.91 Å². The van der Waals surface area contributed by atoms with Gasteiger partial charge in [-0.1, -0.05) is 47.4 Å². The first-order chi connectivity index (χ1) is 14.3. The van der Waals surface area contributed by atoms with Gasteiger partial charge in [-0.05, 0) is 86.1 Å². The number of nitrogens with zero attached hydrogens (tertiary/aromatic N) is 2. The van der Waals surface area contributed by atoms with Gasteiger partial charge in [0, 0.05) is 32.3 Å². The zero-order valence-electron chi connectivity index (χ0n) is 20.6. The van der Waals surface area contributed by atoms with Crippen molar-refractivity contribution in [1.29, 1.82) is 0 Å². The lowest BCUT2D eigenvalue weighted by Crippen LogP contribution is -2.48. The van der Waals surface area contributed by atoms with Gasteiger partial charge in [-0.25, -0.2) is 0 Å². The van der Waals surface area contributed by atoms with Crippen LogP contribution in [-0.4, -0.2) is 48.4 Å². The Morgan fingerprint density at radius 1 is 0.733 bits per heavy atom. The molecule has 0 bridgehead atoms. The third-order valence-electron chi connectivity index (χ3n) is 5.75. The highest BCUT2D eigenvalue weighted by Crippen LogP contribution is 2.14. The van der Waals surface area contributed by atoms with Crippen molar-refractivity contribution in [3.63, 3.8) is 0 Å². The van der Waals surface area contributed by atoms with Crippen LogP contribution in [0.4, 0.5) is 0 Å². The fourth-order valence-corrected chi connectivity index (χ4v) is 3.77. The molecule has 1 aliphatic heterocycles. The Hall–Kier alpha value is -1.61. The van der Waals surface area contributed by atoms with E-state index in [0.29, 0.717) is 0 Å². The van der Waals surface area contributed by atoms with Gasteiger partial charge < -0.3 is 4.90 Å². The van der Waals surface area contributed by atoms with E-state index in [1.165, 1.54) is 35.1 Å². The fraction of sp³-hybridized carbons (Fsp3) is 0.667. The number of amides is 1. The monoisotopic (exact) mass is 414 g/mol. The van der Waals surface area contributed by atoms with Crippen molar-refractivity contribution in [2.75, 3.05) is 32.7 Å². The van der Waals surface area contributed by atoms with Crippen molar-refractivity contribution in [3.05, 3.63) is 46.6 Å². The summed E-state index contributed by atoms with van der Waals surface area (Å²) in [7, 11) is 0. The van der Waals surface area contributed by atoms with Gasteiger partial charge in [0.2, 0.25) is 5.91 Å². The maximum atomic E-state index is 12.5. The van der Waals surface area contributed by atoms with Gasteiger partial charge >= 0.3 is 0 Å². The van der Waals surface area contributed by atoms with E-state index in [9.17, 15) is 4.79 Å². The largest absolute Gasteiger partial charge is 0.337 e. The quantitative estimate of drug-likeness (QED) is 0.262. The Labute approximate surface area is 186 Å². The molecule has 0 aliphatic carbocycles. The number of hydrogen-bond acceptors (Lipinski definition) is 2. The van der Waals surface area contributed by atoms with Crippen LogP contribution in [0.25, 0.3) is 0 Å². The van der Waals surface area contributed by atoms with Crippen LogP contribution < -0.4 is 0 Å². The van der Waals surface area contributed by atoms with Crippen LogP contribution >= 0.6 is 0 Å². The first-order valence-corrected chi connectivity index (χ1v) is 11.9. The summed E-state index contributed by atoms with van der Waals surface area (Å²) in [5, 5.41) is 0. The number of carbonyl (C=O) groups excluding carboxylic acids is 1. The summed E-state index contributed by atoms with van der Waals surface area (Å²) in [5.74, 6) is 0.193. The van der Waals surface area contributed by atoms with Gasteiger partial charge in [-0.15, -0.1) is 0 Å². The summed E-state index contributed by atoms with van der Waals surface area (Å²) in [4.78, 5) is 16.9. The van der Waals surface area contributed by atoms with Crippen molar-refractivity contribution in [3.8, 4) is 0 Å². The van der Waals surface area contributed by atoms with E-state index in [1.54, 1.807) is 0 Å². The average molecular weight is 415 g/mol. The summed E-state index contributed by atoms with van der Waals surface area (Å²) in [6, 6.07) is 0. The van der Waals surface area contributed by atoms with E-state index in [2.05, 4.69) is 64.7 Å². The van der Waals surface area contributed by atoms with E-state index in [0.717, 1.165) is 64.8 Å². The van der Waals surface area contributed by atoms with Gasteiger partial charge in [0.05, 0.1) is 0 Å². The lowest BCUT2D eigenvalue weighted by atomic mass is 10.0. The summed E-state index contributed by atoms with van der Waals surface area (Å²) in [5.41, 5.74) is 5.54. The molecule has 0 atom stereocenters. The highest BCUT2D eigenvalue weighted by atomic mass is 16.2.